The molecule has 0 saturated heterocycles. The monoisotopic (exact) mass is 329 g/mol. The molecule has 3 aromatic rings. The van der Waals surface area contributed by atoms with E-state index in [1.807, 2.05) is 0 Å². The number of H-pyrrole nitrogens is 1. The first kappa shape index (κ1) is 15.8. The van der Waals surface area contributed by atoms with Crippen molar-refractivity contribution in [2.45, 2.75) is 6.73 Å². The van der Waals surface area contributed by atoms with Crippen LogP contribution in [-0.2, 0) is 11.5 Å². The Morgan fingerprint density at radius 3 is 3.00 bits per heavy atom. The summed E-state index contributed by atoms with van der Waals surface area (Å²) in [7, 11) is 0. The Labute approximate surface area is 135 Å². The molecular formula is C15H15N5O4. The Hall–Kier alpha value is -3.04. The summed E-state index contributed by atoms with van der Waals surface area (Å²) in [4.78, 5) is 26.9. The highest BCUT2D eigenvalue weighted by Gasteiger charge is 2.10. The summed E-state index contributed by atoms with van der Waals surface area (Å²) < 4.78 is 6.75. The highest BCUT2D eigenvalue weighted by atomic mass is 16.5. The van der Waals surface area contributed by atoms with E-state index in [0.717, 1.165) is 0 Å². The molecule has 2 heterocycles. The predicted octanol–water partition coefficient (Wildman–Crippen LogP) is 0.542. The Kier molecular flexibility index (Phi) is 4.64. The molecule has 24 heavy (non-hydrogen) atoms. The van der Waals surface area contributed by atoms with Crippen molar-refractivity contribution in [2.24, 2.45) is 4.99 Å². The standard InChI is InChI=1S/C15H15N5O4/c21-5-6-24-9-20-8-17-12-13(20)18-15(19-14(12)23)16-7-10-3-1-2-4-11(10)22/h1-4,7-8,21-22H,5-6,9H2,(H,18,19,23)/b16-7+. The second kappa shape index (κ2) is 7.02. The van der Waals surface area contributed by atoms with Crippen LogP contribution in [-0.4, -0.2) is 49.2 Å². The van der Waals surface area contributed by atoms with Crippen molar-refractivity contribution in [2.75, 3.05) is 13.2 Å². The summed E-state index contributed by atoms with van der Waals surface area (Å²) in [6, 6.07) is 6.68. The van der Waals surface area contributed by atoms with Crippen LogP contribution in [0.15, 0.2) is 40.4 Å². The second-order valence-electron chi connectivity index (χ2n) is 4.85. The molecule has 3 rings (SSSR count). The van der Waals surface area contributed by atoms with E-state index in [1.54, 1.807) is 22.8 Å². The van der Waals surface area contributed by atoms with Crippen molar-refractivity contribution < 1.29 is 14.9 Å². The van der Waals surface area contributed by atoms with Gasteiger partial charge >= 0.3 is 0 Å². The number of phenolic OH excluding ortho intramolecular Hbond substituents is 1. The number of imidazole rings is 1. The number of rotatable bonds is 6. The fourth-order valence-corrected chi connectivity index (χ4v) is 2.05. The number of phenols is 1. The van der Waals surface area contributed by atoms with Crippen molar-refractivity contribution in [1.29, 1.82) is 0 Å². The molecule has 0 aliphatic heterocycles. The number of para-hydroxylation sites is 1. The summed E-state index contributed by atoms with van der Waals surface area (Å²) in [6.07, 6.45) is 2.84. The van der Waals surface area contributed by atoms with E-state index in [0.29, 0.717) is 11.2 Å². The van der Waals surface area contributed by atoms with Gasteiger partial charge in [-0.2, -0.15) is 4.98 Å². The largest absolute Gasteiger partial charge is 0.507 e. The first-order valence-electron chi connectivity index (χ1n) is 7.15. The molecule has 0 spiro atoms. The third-order valence-electron chi connectivity index (χ3n) is 3.19. The number of fused-ring (bicyclic) bond motifs is 1. The molecule has 1 aromatic carbocycles. The molecule has 0 saturated carbocycles. The van der Waals surface area contributed by atoms with Gasteiger partial charge in [0.25, 0.3) is 5.56 Å². The highest BCUT2D eigenvalue weighted by molar-refractivity contribution is 5.84. The minimum Gasteiger partial charge on any atom is -0.507 e. The van der Waals surface area contributed by atoms with Gasteiger partial charge in [0.05, 0.1) is 19.5 Å². The molecule has 0 atom stereocenters. The Bertz CT molecular complexity index is 931. The summed E-state index contributed by atoms with van der Waals surface area (Å²) in [5, 5.41) is 18.4. The molecule has 2 aromatic heterocycles. The fourth-order valence-electron chi connectivity index (χ4n) is 2.05. The van der Waals surface area contributed by atoms with E-state index in [4.69, 9.17) is 9.84 Å². The van der Waals surface area contributed by atoms with Crippen molar-refractivity contribution >= 4 is 23.3 Å². The first-order chi connectivity index (χ1) is 11.7. The maximum atomic E-state index is 12.0. The number of benzene rings is 1. The second-order valence-corrected chi connectivity index (χ2v) is 4.85. The Morgan fingerprint density at radius 2 is 2.21 bits per heavy atom. The third kappa shape index (κ3) is 3.31. The zero-order valence-corrected chi connectivity index (χ0v) is 12.6. The average Bonchev–Trinajstić information content (AvgIpc) is 2.98. The van der Waals surface area contributed by atoms with Gasteiger partial charge in [-0.3, -0.25) is 14.3 Å². The number of nitrogens with one attached hydrogen (secondary N) is 1. The fraction of sp³-hybridized carbons (Fsp3) is 0.200. The van der Waals surface area contributed by atoms with Crippen LogP contribution < -0.4 is 5.56 Å². The van der Waals surface area contributed by atoms with Crippen LogP contribution in [0.3, 0.4) is 0 Å². The smallest absolute Gasteiger partial charge is 0.280 e. The number of aromatic hydroxyl groups is 1. The van der Waals surface area contributed by atoms with E-state index in [-0.39, 0.29) is 37.2 Å². The number of nitrogens with zero attached hydrogens (tertiary/aromatic N) is 4. The number of hydrogen-bond donors (Lipinski definition) is 3. The van der Waals surface area contributed by atoms with Gasteiger partial charge in [0, 0.05) is 11.8 Å². The number of aliphatic imine (C=N–C) groups is 1. The quantitative estimate of drug-likeness (QED) is 0.448. The lowest BCUT2D eigenvalue weighted by atomic mass is 10.2. The molecule has 0 bridgehead atoms. The molecule has 9 nitrogen and oxygen atoms in total. The van der Waals surface area contributed by atoms with Gasteiger partial charge < -0.3 is 14.9 Å². The lowest BCUT2D eigenvalue weighted by Gasteiger charge is -2.04. The van der Waals surface area contributed by atoms with Crippen molar-refractivity contribution in [3.05, 3.63) is 46.5 Å². The summed E-state index contributed by atoms with van der Waals surface area (Å²) in [5.41, 5.74) is 0.565. The van der Waals surface area contributed by atoms with Crippen molar-refractivity contribution in [1.82, 2.24) is 19.5 Å². The van der Waals surface area contributed by atoms with Gasteiger partial charge in [-0.1, -0.05) is 12.1 Å². The van der Waals surface area contributed by atoms with Crippen LogP contribution in [0.2, 0.25) is 0 Å². The summed E-state index contributed by atoms with van der Waals surface area (Å²) >= 11 is 0. The van der Waals surface area contributed by atoms with Crippen LogP contribution in [0.5, 0.6) is 5.75 Å². The van der Waals surface area contributed by atoms with Crippen molar-refractivity contribution in [3.8, 4) is 5.75 Å². The molecule has 124 valence electrons. The molecule has 9 heteroatoms. The van der Waals surface area contributed by atoms with Gasteiger partial charge in [-0.05, 0) is 12.1 Å². The highest BCUT2D eigenvalue weighted by Crippen LogP contribution is 2.15. The molecule has 0 aliphatic carbocycles. The Morgan fingerprint density at radius 1 is 1.38 bits per heavy atom. The zero-order valence-electron chi connectivity index (χ0n) is 12.6. The number of hydrogen-bond acceptors (Lipinski definition) is 7. The van der Waals surface area contributed by atoms with E-state index in [9.17, 15) is 9.90 Å². The number of aliphatic hydroxyl groups is 1. The van der Waals surface area contributed by atoms with E-state index >= 15 is 0 Å². The predicted molar refractivity (Wildman–Crippen MR) is 86.5 cm³/mol. The van der Waals surface area contributed by atoms with Crippen molar-refractivity contribution in [3.63, 3.8) is 0 Å². The van der Waals surface area contributed by atoms with Crippen LogP contribution in [0.4, 0.5) is 5.95 Å². The van der Waals surface area contributed by atoms with Gasteiger partial charge in [0.1, 0.15) is 12.5 Å². The van der Waals surface area contributed by atoms with E-state index < -0.39 is 5.56 Å². The average molecular weight is 329 g/mol. The minimum atomic E-state index is -0.426. The van der Waals surface area contributed by atoms with E-state index in [1.165, 1.54) is 18.6 Å². The van der Waals surface area contributed by atoms with E-state index in [2.05, 4.69) is 19.9 Å². The molecular weight excluding hydrogens is 314 g/mol. The molecule has 3 N–H and O–H groups in total. The lowest BCUT2D eigenvalue weighted by molar-refractivity contribution is 0.0499. The number of aromatic nitrogens is 4. The molecule has 0 fully saturated rings. The minimum absolute atomic E-state index is 0.0760. The maximum absolute atomic E-state index is 12.0. The molecule has 0 aliphatic rings. The SMILES string of the molecule is O=c1[nH]c(/N=C/c2ccccc2O)nc2c1ncn2COCCO. The topological polar surface area (TPSA) is 126 Å². The maximum Gasteiger partial charge on any atom is 0.280 e. The number of aliphatic hydroxyl groups excluding tert-OH is 1. The van der Waals surface area contributed by atoms with Crippen LogP contribution in [0, 0.1) is 0 Å². The van der Waals surface area contributed by atoms with Crippen LogP contribution in [0.25, 0.3) is 11.2 Å². The number of aromatic amines is 1. The van der Waals surface area contributed by atoms with Crippen LogP contribution in [0.1, 0.15) is 5.56 Å². The summed E-state index contributed by atoms with van der Waals surface area (Å²) in [6.45, 7) is 0.175. The van der Waals surface area contributed by atoms with Gasteiger partial charge in [0.15, 0.2) is 11.2 Å². The molecule has 0 radical (unpaired) electrons. The number of ether oxygens (including phenoxy) is 1. The molecule has 0 unspecified atom stereocenters. The summed E-state index contributed by atoms with van der Waals surface area (Å²) in [5.74, 6) is 0.159. The molecule has 0 amide bonds. The van der Waals surface area contributed by atoms with Crippen LogP contribution >= 0.6 is 0 Å². The third-order valence-corrected chi connectivity index (χ3v) is 3.19. The van der Waals surface area contributed by atoms with Gasteiger partial charge in [-0.25, -0.2) is 9.98 Å². The first-order valence-corrected chi connectivity index (χ1v) is 7.15. The normalized spacial score (nSPS) is 11.5. The zero-order chi connectivity index (χ0) is 16.9. The van der Waals surface area contributed by atoms with Gasteiger partial charge in [-0.15, -0.1) is 0 Å². The Balaban J connectivity index is 1.93. The lowest BCUT2D eigenvalue weighted by Crippen LogP contribution is -2.10. The van der Waals surface area contributed by atoms with Gasteiger partial charge in [0.2, 0.25) is 5.95 Å².